The monoisotopic (exact) mass is 416 g/mol. The van der Waals surface area contributed by atoms with Crippen LogP contribution in [0.3, 0.4) is 0 Å². The molecule has 0 amide bonds. The van der Waals surface area contributed by atoms with E-state index in [2.05, 4.69) is 112 Å². The van der Waals surface area contributed by atoms with Crippen molar-refractivity contribution in [3.05, 3.63) is 106 Å². The summed E-state index contributed by atoms with van der Waals surface area (Å²) < 4.78 is 0. The third kappa shape index (κ3) is 2.60. The van der Waals surface area contributed by atoms with Crippen LogP contribution in [0.15, 0.2) is 83.9 Å². The highest BCUT2D eigenvalue weighted by Crippen LogP contribution is 2.53. The highest BCUT2D eigenvalue weighted by molar-refractivity contribution is 6.81. The lowest BCUT2D eigenvalue weighted by Crippen LogP contribution is -2.42. The van der Waals surface area contributed by atoms with Crippen molar-refractivity contribution in [2.75, 3.05) is 0 Å². The summed E-state index contributed by atoms with van der Waals surface area (Å²) in [5.74, 6) is 0. The van der Waals surface area contributed by atoms with Crippen LogP contribution in [0.5, 0.6) is 0 Å². The van der Waals surface area contributed by atoms with Gasteiger partial charge in [-0.05, 0) is 57.6 Å². The lowest BCUT2D eigenvalue weighted by Gasteiger charge is -2.39. The first-order valence-corrected chi connectivity index (χ1v) is 14.5. The third-order valence-corrected chi connectivity index (χ3v) is 12.3. The molecule has 31 heavy (non-hydrogen) atoms. The Morgan fingerprint density at radius 1 is 0.548 bits per heavy atom. The van der Waals surface area contributed by atoms with Gasteiger partial charge in [-0.3, -0.25) is 0 Å². The molecule has 0 N–H and O–H groups in total. The van der Waals surface area contributed by atoms with Gasteiger partial charge in [0.1, 0.15) is 0 Å². The van der Waals surface area contributed by atoms with Crippen LogP contribution < -0.4 is 0 Å². The van der Waals surface area contributed by atoms with Crippen LogP contribution in [0.4, 0.5) is 0 Å². The Hall–Kier alpha value is -2.90. The molecule has 0 saturated heterocycles. The van der Waals surface area contributed by atoms with E-state index in [1.54, 1.807) is 22.3 Å². The number of benzene rings is 4. The van der Waals surface area contributed by atoms with E-state index in [1.807, 2.05) is 0 Å². The summed E-state index contributed by atoms with van der Waals surface area (Å²) in [6.45, 7) is 9.96. The highest BCUT2D eigenvalue weighted by atomic mass is 28.3. The predicted molar refractivity (Wildman–Crippen MR) is 138 cm³/mol. The fourth-order valence-corrected chi connectivity index (χ4v) is 11.7. The minimum Gasteiger partial charge on any atom is -0.0679 e. The van der Waals surface area contributed by atoms with Crippen LogP contribution in [0.25, 0.3) is 33.7 Å². The Bertz CT molecular complexity index is 1320. The Kier molecular flexibility index (Phi) is 3.98. The zero-order valence-corrected chi connectivity index (χ0v) is 19.7. The fourth-order valence-electron chi connectivity index (χ4n) is 6.70. The second-order valence-corrected chi connectivity index (χ2v) is 14.8. The summed E-state index contributed by atoms with van der Waals surface area (Å²) >= 11 is 0. The summed E-state index contributed by atoms with van der Waals surface area (Å²) in [6, 6.07) is 27.2. The molecular weight excluding hydrogens is 388 g/mol. The summed E-state index contributed by atoms with van der Waals surface area (Å²) in [5.41, 5.74) is 10.2. The molecule has 0 spiro atoms. The summed E-state index contributed by atoms with van der Waals surface area (Å²) in [5, 5.41) is 5.49. The molecule has 1 heteroatoms. The first-order valence-electron chi connectivity index (χ1n) is 11.4. The standard InChI is InChI=1S/C30H28Si/c1-19-17-27-23-11-7-5-9-21(23)13-15-25(27)29(19)31(3,4)30-20(2)18-28-24-12-8-6-10-22(24)14-16-26(28)30/h5-18,29-30H,1-4H3/t29-,30-/m0/s1. The lowest BCUT2D eigenvalue weighted by atomic mass is 10.0. The first-order chi connectivity index (χ1) is 15.0. The van der Waals surface area contributed by atoms with Crippen molar-refractivity contribution < 1.29 is 0 Å². The molecule has 0 aliphatic heterocycles. The third-order valence-electron chi connectivity index (χ3n) is 7.77. The molecule has 0 saturated carbocycles. The summed E-state index contributed by atoms with van der Waals surface area (Å²) in [4.78, 5) is 0. The molecule has 0 radical (unpaired) electrons. The van der Waals surface area contributed by atoms with E-state index < -0.39 is 8.07 Å². The molecule has 0 heterocycles. The Labute approximate surface area is 185 Å². The van der Waals surface area contributed by atoms with E-state index in [0.717, 1.165) is 0 Å². The average Bonchev–Trinajstić information content (AvgIpc) is 3.30. The van der Waals surface area contributed by atoms with Gasteiger partial charge in [-0.25, -0.2) is 0 Å². The SMILES string of the molecule is CC1=Cc2c(ccc3ccccc23)[C@H]1[Si](C)(C)[C@H]1C(C)=Cc2c1ccc1ccccc21. The summed E-state index contributed by atoms with van der Waals surface area (Å²) in [6.07, 6.45) is 4.96. The van der Waals surface area contributed by atoms with E-state index in [1.165, 1.54) is 32.7 Å². The van der Waals surface area contributed by atoms with Crippen LogP contribution in [-0.2, 0) is 0 Å². The molecule has 0 nitrogen and oxygen atoms in total. The van der Waals surface area contributed by atoms with Gasteiger partial charge in [-0.2, -0.15) is 0 Å². The zero-order chi connectivity index (χ0) is 21.3. The molecule has 2 aliphatic rings. The minimum absolute atomic E-state index is 0.554. The van der Waals surface area contributed by atoms with Crippen molar-refractivity contribution in [2.45, 2.75) is 38.0 Å². The van der Waals surface area contributed by atoms with Crippen molar-refractivity contribution in [1.29, 1.82) is 0 Å². The molecule has 152 valence electrons. The van der Waals surface area contributed by atoms with E-state index in [9.17, 15) is 0 Å². The zero-order valence-electron chi connectivity index (χ0n) is 18.7. The first kappa shape index (κ1) is 18.8. The van der Waals surface area contributed by atoms with Crippen molar-refractivity contribution in [2.24, 2.45) is 0 Å². The number of hydrogen-bond acceptors (Lipinski definition) is 0. The molecule has 0 unspecified atom stereocenters. The van der Waals surface area contributed by atoms with Gasteiger partial charge in [0.15, 0.2) is 0 Å². The Balaban J connectivity index is 1.52. The molecule has 4 aromatic rings. The van der Waals surface area contributed by atoms with Gasteiger partial charge >= 0.3 is 0 Å². The van der Waals surface area contributed by atoms with Gasteiger partial charge in [-0.15, -0.1) is 0 Å². The van der Waals surface area contributed by atoms with Crippen molar-refractivity contribution in [3.63, 3.8) is 0 Å². The van der Waals surface area contributed by atoms with Crippen molar-refractivity contribution >= 4 is 41.8 Å². The average molecular weight is 417 g/mol. The number of rotatable bonds is 2. The molecular formula is C30H28Si. The van der Waals surface area contributed by atoms with Gasteiger partial charge in [0.2, 0.25) is 0 Å². The van der Waals surface area contributed by atoms with Crippen molar-refractivity contribution in [1.82, 2.24) is 0 Å². The quantitative estimate of drug-likeness (QED) is 0.287. The number of hydrogen-bond donors (Lipinski definition) is 0. The maximum absolute atomic E-state index is 2.62. The number of fused-ring (bicyclic) bond motifs is 6. The molecule has 6 rings (SSSR count). The lowest BCUT2D eigenvalue weighted by molar-refractivity contribution is 0.970. The van der Waals surface area contributed by atoms with Crippen molar-refractivity contribution in [3.8, 4) is 0 Å². The van der Waals surface area contributed by atoms with Crippen LogP contribution in [0.2, 0.25) is 13.1 Å². The van der Waals surface area contributed by atoms with E-state index in [4.69, 9.17) is 0 Å². The van der Waals surface area contributed by atoms with Gasteiger partial charge < -0.3 is 0 Å². The normalized spacial score (nSPS) is 20.0. The molecule has 2 atom stereocenters. The maximum Gasteiger partial charge on any atom is 0.0722 e. The second-order valence-electron chi connectivity index (χ2n) is 10.0. The van der Waals surface area contributed by atoms with Gasteiger partial charge in [0.25, 0.3) is 0 Å². The smallest absolute Gasteiger partial charge is 0.0679 e. The fraction of sp³-hybridized carbons (Fsp3) is 0.200. The Morgan fingerprint density at radius 3 is 1.42 bits per heavy atom. The van der Waals surface area contributed by atoms with Crippen LogP contribution in [0.1, 0.15) is 47.2 Å². The number of allylic oxidation sites excluding steroid dienone is 2. The molecule has 4 aromatic carbocycles. The Morgan fingerprint density at radius 2 is 0.968 bits per heavy atom. The van der Waals surface area contributed by atoms with Gasteiger partial charge in [0, 0.05) is 11.1 Å². The highest BCUT2D eigenvalue weighted by Gasteiger charge is 2.46. The van der Waals surface area contributed by atoms with E-state index >= 15 is 0 Å². The van der Waals surface area contributed by atoms with Crippen LogP contribution in [-0.4, -0.2) is 8.07 Å². The second kappa shape index (κ2) is 6.55. The predicted octanol–water partition coefficient (Wildman–Crippen LogP) is 8.48. The molecule has 0 aromatic heterocycles. The largest absolute Gasteiger partial charge is 0.0722 e. The molecule has 0 fully saturated rings. The van der Waals surface area contributed by atoms with E-state index in [-0.39, 0.29) is 0 Å². The minimum atomic E-state index is -1.78. The van der Waals surface area contributed by atoms with Crippen LogP contribution in [0, 0.1) is 0 Å². The van der Waals surface area contributed by atoms with Crippen LogP contribution >= 0.6 is 0 Å². The van der Waals surface area contributed by atoms with Gasteiger partial charge in [0.05, 0.1) is 8.07 Å². The molecule has 2 aliphatic carbocycles. The topological polar surface area (TPSA) is 0 Å². The maximum atomic E-state index is 2.62. The van der Waals surface area contributed by atoms with Gasteiger partial charge in [-0.1, -0.05) is 109 Å². The summed E-state index contributed by atoms with van der Waals surface area (Å²) in [7, 11) is -1.78. The van der Waals surface area contributed by atoms with E-state index in [0.29, 0.717) is 11.1 Å². The molecule has 0 bridgehead atoms.